The molecule has 1 aliphatic rings. The Morgan fingerprint density at radius 2 is 2.19 bits per heavy atom. The summed E-state index contributed by atoms with van der Waals surface area (Å²) in [6.45, 7) is 0. The van der Waals surface area contributed by atoms with Crippen LogP contribution in [0.1, 0.15) is 37.7 Å². The molecule has 1 aromatic heterocycles. The molecular weight excluding hydrogens is 264 g/mol. The summed E-state index contributed by atoms with van der Waals surface area (Å²) in [5.74, 6) is 0.762. The van der Waals surface area contributed by atoms with Crippen LogP contribution in [0, 0.1) is 5.92 Å². The first kappa shape index (κ1) is 11.9. The molecule has 0 bridgehead atoms. The Labute approximate surface area is 106 Å². The van der Waals surface area contributed by atoms with Crippen molar-refractivity contribution >= 4 is 21.6 Å². The van der Waals surface area contributed by atoms with Crippen LogP contribution in [0.4, 0.5) is 5.69 Å². The van der Waals surface area contributed by atoms with Gasteiger partial charge in [-0.05, 0) is 36.8 Å². The van der Waals surface area contributed by atoms with E-state index in [4.69, 9.17) is 5.73 Å². The number of aromatic nitrogens is 1. The smallest absolute Gasteiger partial charge is 0.0377 e. The predicted octanol–water partition coefficient (Wildman–Crippen LogP) is 3.55. The second kappa shape index (κ2) is 5.67. The van der Waals surface area contributed by atoms with Crippen molar-refractivity contribution in [3.05, 3.63) is 24.0 Å². The van der Waals surface area contributed by atoms with Gasteiger partial charge in [0.25, 0.3) is 0 Å². The molecule has 2 nitrogen and oxygen atoms in total. The lowest BCUT2D eigenvalue weighted by Crippen LogP contribution is -2.10. The van der Waals surface area contributed by atoms with Gasteiger partial charge >= 0.3 is 0 Å². The van der Waals surface area contributed by atoms with E-state index in [2.05, 4.69) is 20.9 Å². The summed E-state index contributed by atoms with van der Waals surface area (Å²) in [4.78, 5) is 4.85. The lowest BCUT2D eigenvalue weighted by atomic mass is 9.92. The number of nitrogens with zero attached hydrogens (tertiary/aromatic N) is 1. The molecule has 0 radical (unpaired) electrons. The Kier molecular flexibility index (Phi) is 4.22. The minimum absolute atomic E-state index is 0.692. The average molecular weight is 283 g/mol. The fraction of sp³-hybridized carbons (Fsp3) is 0.615. The number of halogens is 1. The van der Waals surface area contributed by atoms with Gasteiger partial charge in [-0.25, -0.2) is 0 Å². The highest BCUT2D eigenvalue weighted by Gasteiger charge is 2.19. The molecule has 0 aromatic carbocycles. The van der Waals surface area contributed by atoms with Crippen molar-refractivity contribution in [3.8, 4) is 0 Å². The Hall–Kier alpha value is -0.570. The average Bonchev–Trinajstić information content (AvgIpc) is 2.46. The number of hydrogen-bond donors (Lipinski definition) is 1. The maximum absolute atomic E-state index is 5.96. The molecule has 0 spiro atoms. The number of nitrogen functional groups attached to an aromatic ring is 1. The zero-order valence-electron chi connectivity index (χ0n) is 9.53. The van der Waals surface area contributed by atoms with E-state index in [1.54, 1.807) is 6.20 Å². The Balaban J connectivity index is 2.00. The van der Waals surface area contributed by atoms with Crippen LogP contribution in [0.25, 0.3) is 0 Å². The third-order valence-electron chi connectivity index (χ3n) is 3.42. The molecule has 2 atom stereocenters. The van der Waals surface area contributed by atoms with Gasteiger partial charge in [0, 0.05) is 22.9 Å². The molecule has 0 aliphatic heterocycles. The second-order valence-corrected chi connectivity index (χ2v) is 6.06. The van der Waals surface area contributed by atoms with Crippen molar-refractivity contribution in [1.29, 1.82) is 0 Å². The molecule has 2 unspecified atom stereocenters. The maximum atomic E-state index is 5.96. The molecule has 88 valence electrons. The zero-order chi connectivity index (χ0) is 11.4. The molecule has 16 heavy (non-hydrogen) atoms. The van der Waals surface area contributed by atoms with E-state index >= 15 is 0 Å². The Bertz CT molecular complexity index is 340. The number of alkyl halides is 1. The number of hydrogen-bond acceptors (Lipinski definition) is 2. The first-order valence-corrected chi connectivity index (χ1v) is 6.99. The van der Waals surface area contributed by atoms with Gasteiger partial charge in [0.2, 0.25) is 0 Å². The van der Waals surface area contributed by atoms with Crippen molar-refractivity contribution < 1.29 is 0 Å². The van der Waals surface area contributed by atoms with Crippen molar-refractivity contribution in [2.45, 2.75) is 43.4 Å². The monoisotopic (exact) mass is 282 g/mol. The number of rotatable bonds is 2. The van der Waals surface area contributed by atoms with Gasteiger partial charge in [-0.3, -0.25) is 4.98 Å². The van der Waals surface area contributed by atoms with Gasteiger partial charge in [-0.1, -0.05) is 35.2 Å². The molecule has 1 heterocycles. The van der Waals surface area contributed by atoms with Crippen LogP contribution < -0.4 is 5.73 Å². The molecule has 3 heteroatoms. The van der Waals surface area contributed by atoms with Crippen LogP contribution in [0.15, 0.2) is 18.5 Å². The van der Waals surface area contributed by atoms with Crippen molar-refractivity contribution in [2.24, 2.45) is 5.92 Å². The highest BCUT2D eigenvalue weighted by molar-refractivity contribution is 9.09. The fourth-order valence-electron chi connectivity index (χ4n) is 2.50. The first-order chi connectivity index (χ1) is 7.75. The lowest BCUT2D eigenvalue weighted by Gasteiger charge is -2.16. The summed E-state index contributed by atoms with van der Waals surface area (Å²) in [6.07, 6.45) is 11.4. The summed E-state index contributed by atoms with van der Waals surface area (Å²) in [5.41, 5.74) is 8.07. The van der Waals surface area contributed by atoms with Crippen LogP contribution in [0.5, 0.6) is 0 Å². The van der Waals surface area contributed by atoms with Crippen LogP contribution >= 0.6 is 15.9 Å². The van der Waals surface area contributed by atoms with E-state index in [0.29, 0.717) is 4.83 Å². The zero-order valence-corrected chi connectivity index (χ0v) is 11.1. The number of pyridine rings is 1. The summed E-state index contributed by atoms with van der Waals surface area (Å²) < 4.78 is 0. The van der Waals surface area contributed by atoms with Crippen LogP contribution in [-0.2, 0) is 6.42 Å². The van der Waals surface area contributed by atoms with Gasteiger partial charge in [0.05, 0.1) is 0 Å². The molecule has 2 N–H and O–H groups in total. The maximum Gasteiger partial charge on any atom is 0.0377 e. The van der Waals surface area contributed by atoms with Crippen LogP contribution in [-0.4, -0.2) is 9.81 Å². The van der Waals surface area contributed by atoms with Crippen LogP contribution in [0.2, 0.25) is 0 Å². The third kappa shape index (κ3) is 3.21. The predicted molar refractivity (Wildman–Crippen MR) is 71.6 cm³/mol. The normalized spacial score (nSPS) is 26.3. The largest absolute Gasteiger partial charge is 0.398 e. The summed E-state index contributed by atoms with van der Waals surface area (Å²) >= 11 is 3.76. The third-order valence-corrected chi connectivity index (χ3v) is 4.25. The molecule has 1 aliphatic carbocycles. The minimum Gasteiger partial charge on any atom is -0.398 e. The topological polar surface area (TPSA) is 38.9 Å². The molecule has 1 aromatic rings. The van der Waals surface area contributed by atoms with Gasteiger partial charge < -0.3 is 5.73 Å². The van der Waals surface area contributed by atoms with E-state index in [-0.39, 0.29) is 0 Å². The summed E-state index contributed by atoms with van der Waals surface area (Å²) in [7, 11) is 0. The molecule has 0 saturated heterocycles. The molecule has 1 fully saturated rings. The van der Waals surface area contributed by atoms with Gasteiger partial charge in [0.15, 0.2) is 0 Å². The van der Waals surface area contributed by atoms with Crippen LogP contribution in [0.3, 0.4) is 0 Å². The second-order valence-electron chi connectivity index (χ2n) is 4.76. The Morgan fingerprint density at radius 3 is 3.00 bits per heavy atom. The van der Waals surface area contributed by atoms with Crippen molar-refractivity contribution in [1.82, 2.24) is 4.98 Å². The highest BCUT2D eigenvalue weighted by Crippen LogP contribution is 2.30. The van der Waals surface area contributed by atoms with E-state index in [9.17, 15) is 0 Å². The minimum atomic E-state index is 0.692. The quantitative estimate of drug-likeness (QED) is 0.666. The van der Waals surface area contributed by atoms with Gasteiger partial charge in [-0.2, -0.15) is 0 Å². The highest BCUT2D eigenvalue weighted by atomic mass is 79.9. The standard InChI is InChI=1S/C13H19BrN2/c14-12-4-2-1-3-10(8-12)7-11-9-16-6-5-13(11)15/h5-6,9-10,12H,1-4,7-8H2,(H2,15,16). The van der Waals surface area contributed by atoms with Crippen molar-refractivity contribution in [3.63, 3.8) is 0 Å². The number of anilines is 1. The molecule has 2 rings (SSSR count). The lowest BCUT2D eigenvalue weighted by molar-refractivity contribution is 0.463. The van der Waals surface area contributed by atoms with E-state index in [0.717, 1.165) is 18.0 Å². The summed E-state index contributed by atoms with van der Waals surface area (Å²) in [6, 6.07) is 1.90. The van der Waals surface area contributed by atoms with Gasteiger partial charge in [-0.15, -0.1) is 0 Å². The number of nitrogens with two attached hydrogens (primary N) is 1. The molecular formula is C13H19BrN2. The van der Waals surface area contributed by atoms with E-state index < -0.39 is 0 Å². The van der Waals surface area contributed by atoms with E-state index in [1.807, 2.05) is 12.3 Å². The SMILES string of the molecule is Nc1ccncc1CC1CCCCC(Br)C1. The fourth-order valence-corrected chi connectivity index (χ4v) is 3.35. The Morgan fingerprint density at radius 1 is 1.38 bits per heavy atom. The molecule has 0 amide bonds. The van der Waals surface area contributed by atoms with E-state index in [1.165, 1.54) is 37.7 Å². The first-order valence-electron chi connectivity index (χ1n) is 6.08. The summed E-state index contributed by atoms with van der Waals surface area (Å²) in [5, 5.41) is 0. The van der Waals surface area contributed by atoms with Crippen molar-refractivity contribution in [2.75, 3.05) is 5.73 Å². The molecule has 1 saturated carbocycles. The van der Waals surface area contributed by atoms with Gasteiger partial charge in [0.1, 0.15) is 0 Å².